The lowest BCUT2D eigenvalue weighted by molar-refractivity contribution is 0.192. The number of hydrogen-bond acceptors (Lipinski definition) is 5. The lowest BCUT2D eigenvalue weighted by Gasteiger charge is -1.99. The van der Waals surface area contributed by atoms with Gasteiger partial charge in [-0.3, -0.25) is 5.10 Å². The van der Waals surface area contributed by atoms with Gasteiger partial charge >= 0.3 is 0 Å². The molecule has 1 aliphatic rings. The van der Waals surface area contributed by atoms with Crippen LogP contribution in [0.2, 0.25) is 0 Å². The van der Waals surface area contributed by atoms with Crippen LogP contribution in [-0.4, -0.2) is 33.6 Å². The van der Waals surface area contributed by atoms with E-state index in [0.29, 0.717) is 18.3 Å². The van der Waals surface area contributed by atoms with E-state index in [4.69, 9.17) is 9.26 Å². The van der Waals surface area contributed by atoms with Crippen molar-refractivity contribution in [2.24, 2.45) is 0 Å². The van der Waals surface area contributed by atoms with Gasteiger partial charge in [0.05, 0.1) is 24.1 Å². The Kier molecular flexibility index (Phi) is 3.01. The van der Waals surface area contributed by atoms with E-state index in [1.54, 1.807) is 6.20 Å². The first-order chi connectivity index (χ1) is 10.4. The molecule has 1 fully saturated rings. The molecule has 106 valence electrons. The van der Waals surface area contributed by atoms with Crippen LogP contribution >= 0.6 is 0 Å². The lowest BCUT2D eigenvalue weighted by atomic mass is 10.1. The van der Waals surface area contributed by atoms with E-state index in [2.05, 4.69) is 20.3 Å². The first-order valence-corrected chi connectivity index (χ1v) is 6.92. The smallest absolute Gasteiger partial charge is 0.261 e. The first-order valence-electron chi connectivity index (χ1n) is 6.92. The summed E-state index contributed by atoms with van der Waals surface area (Å²) < 4.78 is 10.8. The van der Waals surface area contributed by atoms with Crippen molar-refractivity contribution in [1.29, 1.82) is 0 Å². The molecule has 0 unspecified atom stereocenters. The molecule has 0 radical (unpaired) electrons. The third kappa shape index (κ3) is 2.23. The third-order valence-electron chi connectivity index (χ3n) is 3.67. The molecular formula is C15H14N4O2. The predicted molar refractivity (Wildman–Crippen MR) is 75.5 cm³/mol. The van der Waals surface area contributed by atoms with Gasteiger partial charge in [-0.1, -0.05) is 35.5 Å². The highest BCUT2D eigenvalue weighted by Crippen LogP contribution is 2.30. The largest absolute Gasteiger partial charge is 0.381 e. The molecule has 2 aromatic heterocycles. The van der Waals surface area contributed by atoms with E-state index in [0.717, 1.165) is 29.8 Å². The molecule has 1 aliphatic heterocycles. The van der Waals surface area contributed by atoms with Crippen molar-refractivity contribution < 1.29 is 9.26 Å². The second-order valence-corrected chi connectivity index (χ2v) is 5.04. The Bertz CT molecular complexity index is 729. The summed E-state index contributed by atoms with van der Waals surface area (Å²) in [7, 11) is 0. The van der Waals surface area contributed by atoms with Crippen LogP contribution in [0, 0.1) is 0 Å². The van der Waals surface area contributed by atoms with E-state index in [1.165, 1.54) is 0 Å². The maximum atomic E-state index is 5.41. The molecule has 0 amide bonds. The molecule has 0 aliphatic carbocycles. The minimum atomic E-state index is 0.231. The Labute approximate surface area is 121 Å². The number of hydrogen-bond donors (Lipinski definition) is 1. The van der Waals surface area contributed by atoms with Crippen LogP contribution in [0.1, 0.15) is 18.2 Å². The van der Waals surface area contributed by atoms with Crippen molar-refractivity contribution in [2.45, 2.75) is 12.3 Å². The Morgan fingerprint density at radius 1 is 1.19 bits per heavy atom. The molecule has 1 saturated heterocycles. The molecule has 1 atom stereocenters. The first kappa shape index (κ1) is 12.3. The Morgan fingerprint density at radius 3 is 2.90 bits per heavy atom. The molecule has 6 nitrogen and oxygen atoms in total. The van der Waals surface area contributed by atoms with Gasteiger partial charge in [-0.2, -0.15) is 10.1 Å². The van der Waals surface area contributed by atoms with E-state index >= 15 is 0 Å². The molecule has 0 spiro atoms. The van der Waals surface area contributed by atoms with Gasteiger partial charge in [0.2, 0.25) is 0 Å². The fourth-order valence-electron chi connectivity index (χ4n) is 2.52. The monoisotopic (exact) mass is 282 g/mol. The number of rotatable bonds is 3. The molecule has 6 heteroatoms. The predicted octanol–water partition coefficient (Wildman–Crippen LogP) is 2.63. The second kappa shape index (κ2) is 5.14. The van der Waals surface area contributed by atoms with Crippen molar-refractivity contribution in [2.75, 3.05) is 13.2 Å². The fourth-order valence-corrected chi connectivity index (χ4v) is 2.52. The van der Waals surface area contributed by atoms with Gasteiger partial charge in [0.15, 0.2) is 5.82 Å². The summed E-state index contributed by atoms with van der Waals surface area (Å²) in [6.07, 6.45) is 2.65. The number of ether oxygens (including phenoxy) is 1. The summed E-state index contributed by atoms with van der Waals surface area (Å²) in [5, 5.41) is 11.2. The zero-order valence-corrected chi connectivity index (χ0v) is 11.3. The third-order valence-corrected chi connectivity index (χ3v) is 3.67. The second-order valence-electron chi connectivity index (χ2n) is 5.04. The van der Waals surface area contributed by atoms with E-state index in [-0.39, 0.29) is 5.92 Å². The van der Waals surface area contributed by atoms with Crippen LogP contribution in [-0.2, 0) is 4.74 Å². The molecule has 1 aromatic carbocycles. The van der Waals surface area contributed by atoms with Crippen molar-refractivity contribution in [1.82, 2.24) is 20.3 Å². The van der Waals surface area contributed by atoms with Crippen LogP contribution < -0.4 is 0 Å². The number of benzene rings is 1. The molecule has 3 heterocycles. The van der Waals surface area contributed by atoms with Gasteiger partial charge in [-0.25, -0.2) is 0 Å². The van der Waals surface area contributed by atoms with Crippen LogP contribution in [0.3, 0.4) is 0 Å². The molecule has 21 heavy (non-hydrogen) atoms. The lowest BCUT2D eigenvalue weighted by Crippen LogP contribution is -1.99. The minimum Gasteiger partial charge on any atom is -0.381 e. The van der Waals surface area contributed by atoms with Gasteiger partial charge in [-0.05, 0) is 6.42 Å². The summed E-state index contributed by atoms with van der Waals surface area (Å²) in [5.41, 5.74) is 2.74. The Morgan fingerprint density at radius 2 is 2.10 bits per heavy atom. The van der Waals surface area contributed by atoms with Gasteiger partial charge in [-0.15, -0.1) is 0 Å². The molecule has 0 bridgehead atoms. The number of aromatic amines is 1. The van der Waals surface area contributed by atoms with Crippen LogP contribution in [0.25, 0.3) is 22.7 Å². The van der Waals surface area contributed by atoms with Crippen molar-refractivity contribution in [3.8, 4) is 22.7 Å². The van der Waals surface area contributed by atoms with Crippen LogP contribution in [0.4, 0.5) is 0 Å². The summed E-state index contributed by atoms with van der Waals surface area (Å²) in [4.78, 5) is 4.50. The van der Waals surface area contributed by atoms with Crippen LogP contribution in [0.5, 0.6) is 0 Å². The molecular weight excluding hydrogens is 268 g/mol. The standard InChI is InChI=1S/C15H14N4O2/c1-2-4-10(5-3-1)13-12(8-16-18-13)15-17-14(19-21-15)11-6-7-20-9-11/h1-5,8,11H,6-7,9H2,(H,16,18)/t11-/m1/s1. The zero-order valence-electron chi connectivity index (χ0n) is 11.3. The summed E-state index contributed by atoms with van der Waals surface area (Å²) >= 11 is 0. The van der Waals surface area contributed by atoms with E-state index < -0.39 is 0 Å². The highest BCUT2D eigenvalue weighted by Gasteiger charge is 2.24. The minimum absolute atomic E-state index is 0.231. The molecule has 1 N–H and O–H groups in total. The van der Waals surface area contributed by atoms with Crippen molar-refractivity contribution in [3.05, 3.63) is 42.4 Å². The number of nitrogens with zero attached hydrogens (tertiary/aromatic N) is 3. The van der Waals surface area contributed by atoms with Crippen molar-refractivity contribution in [3.63, 3.8) is 0 Å². The highest BCUT2D eigenvalue weighted by atomic mass is 16.5. The van der Waals surface area contributed by atoms with Gasteiger partial charge in [0.1, 0.15) is 0 Å². The molecule has 3 aromatic rings. The number of H-pyrrole nitrogens is 1. The van der Waals surface area contributed by atoms with E-state index in [1.807, 2.05) is 30.3 Å². The summed E-state index contributed by atoms with van der Waals surface area (Å²) in [5.74, 6) is 1.43. The SMILES string of the molecule is c1ccc(-c2[nH]ncc2-c2nc([C@@H]3CCOC3)no2)cc1. The van der Waals surface area contributed by atoms with Gasteiger partial charge < -0.3 is 9.26 Å². The summed E-state index contributed by atoms with van der Waals surface area (Å²) in [6.45, 7) is 1.42. The zero-order chi connectivity index (χ0) is 14.1. The average Bonchev–Trinajstić information content (AvgIpc) is 3.27. The summed E-state index contributed by atoms with van der Waals surface area (Å²) in [6, 6.07) is 9.97. The van der Waals surface area contributed by atoms with Crippen LogP contribution in [0.15, 0.2) is 41.1 Å². The number of nitrogens with one attached hydrogen (secondary N) is 1. The molecule has 4 rings (SSSR count). The topological polar surface area (TPSA) is 76.8 Å². The quantitative estimate of drug-likeness (QED) is 0.799. The normalized spacial score (nSPS) is 18.2. The average molecular weight is 282 g/mol. The fraction of sp³-hybridized carbons (Fsp3) is 0.267. The Balaban J connectivity index is 1.70. The van der Waals surface area contributed by atoms with Crippen molar-refractivity contribution >= 4 is 0 Å². The van der Waals surface area contributed by atoms with E-state index in [9.17, 15) is 0 Å². The number of aromatic nitrogens is 4. The van der Waals surface area contributed by atoms with Gasteiger partial charge in [0, 0.05) is 18.1 Å². The maximum Gasteiger partial charge on any atom is 0.261 e. The Hall–Kier alpha value is -2.47. The van der Waals surface area contributed by atoms with Gasteiger partial charge in [0.25, 0.3) is 5.89 Å². The molecule has 0 saturated carbocycles. The highest BCUT2D eigenvalue weighted by molar-refractivity contribution is 5.75. The maximum absolute atomic E-state index is 5.41.